The van der Waals surface area contributed by atoms with Crippen LogP contribution in [0, 0.1) is 0 Å². The first-order valence-electron chi connectivity index (χ1n) is 8.35. The van der Waals surface area contributed by atoms with Crippen LogP contribution in [0.1, 0.15) is 42.1 Å². The molecule has 24 heavy (non-hydrogen) atoms. The second-order valence-corrected chi connectivity index (χ2v) is 6.16. The molecule has 132 valence electrons. The van der Waals surface area contributed by atoms with Crippen LogP contribution in [0.5, 0.6) is 0 Å². The Balaban J connectivity index is 1.66. The average molecular weight is 337 g/mol. The van der Waals surface area contributed by atoms with Gasteiger partial charge in [0.25, 0.3) is 5.91 Å². The summed E-state index contributed by atoms with van der Waals surface area (Å²) in [5.41, 5.74) is 5.11. The van der Waals surface area contributed by atoms with Gasteiger partial charge in [-0.3, -0.25) is 9.59 Å². The number of carbonyl (C=O) groups is 2. The minimum atomic E-state index is -0.548. The highest BCUT2D eigenvalue weighted by Gasteiger charge is 2.30. The summed E-state index contributed by atoms with van der Waals surface area (Å²) < 4.78 is 12.7. The highest BCUT2D eigenvalue weighted by atomic mass is 16.5. The molecule has 2 amide bonds. The van der Waals surface area contributed by atoms with E-state index >= 15 is 0 Å². The Hall–Kier alpha value is -2.00. The van der Waals surface area contributed by atoms with E-state index in [9.17, 15) is 9.59 Å². The number of aromatic nitrogens is 3. The van der Waals surface area contributed by atoms with Crippen LogP contribution in [0.3, 0.4) is 0 Å². The summed E-state index contributed by atoms with van der Waals surface area (Å²) in [6.07, 6.45) is 4.28. The van der Waals surface area contributed by atoms with Gasteiger partial charge in [-0.15, -0.1) is 10.2 Å². The zero-order valence-electron chi connectivity index (χ0n) is 13.6. The number of fused-ring (bicyclic) bond motifs is 1. The molecule has 0 aromatic carbocycles. The van der Waals surface area contributed by atoms with Crippen LogP contribution < -0.4 is 11.1 Å². The molecule has 0 saturated carbocycles. The van der Waals surface area contributed by atoms with Crippen LogP contribution in [0.2, 0.25) is 0 Å². The maximum atomic E-state index is 12.6. The third-order valence-electron chi connectivity index (χ3n) is 4.37. The van der Waals surface area contributed by atoms with Crippen LogP contribution in [0.4, 0.5) is 0 Å². The maximum Gasteiger partial charge on any atom is 0.289 e. The van der Waals surface area contributed by atoms with Crippen LogP contribution in [-0.4, -0.2) is 58.5 Å². The lowest BCUT2D eigenvalue weighted by molar-refractivity contribution is -0.129. The van der Waals surface area contributed by atoms with Crippen molar-refractivity contribution in [1.82, 2.24) is 20.1 Å². The molecule has 3 heterocycles. The summed E-state index contributed by atoms with van der Waals surface area (Å²) >= 11 is 0. The lowest BCUT2D eigenvalue weighted by Gasteiger charge is -2.31. The highest BCUT2D eigenvalue weighted by Crippen LogP contribution is 2.16. The number of hydrogen-bond acceptors (Lipinski definition) is 6. The van der Waals surface area contributed by atoms with Gasteiger partial charge in [0.2, 0.25) is 11.7 Å². The van der Waals surface area contributed by atoms with E-state index in [2.05, 4.69) is 15.5 Å². The zero-order valence-corrected chi connectivity index (χ0v) is 13.6. The molecule has 0 bridgehead atoms. The lowest BCUT2D eigenvalue weighted by atomic mass is 10.1. The third-order valence-corrected chi connectivity index (χ3v) is 4.37. The predicted molar refractivity (Wildman–Crippen MR) is 83.2 cm³/mol. The van der Waals surface area contributed by atoms with Crippen molar-refractivity contribution in [2.45, 2.75) is 50.8 Å². The molecule has 2 atom stereocenters. The number of primary amides is 1. The van der Waals surface area contributed by atoms with E-state index in [4.69, 9.17) is 15.2 Å². The molecule has 2 aliphatic rings. The molecule has 1 aromatic heterocycles. The van der Waals surface area contributed by atoms with Crippen molar-refractivity contribution in [2.24, 2.45) is 5.73 Å². The molecule has 9 heteroatoms. The molecule has 1 aromatic rings. The van der Waals surface area contributed by atoms with Gasteiger partial charge in [0.05, 0.1) is 12.6 Å². The molecule has 3 N–H and O–H groups in total. The Labute approximate surface area is 139 Å². The van der Waals surface area contributed by atoms with Gasteiger partial charge >= 0.3 is 0 Å². The molecule has 0 spiro atoms. The molecule has 3 rings (SSSR count). The fourth-order valence-corrected chi connectivity index (χ4v) is 3.12. The summed E-state index contributed by atoms with van der Waals surface area (Å²) in [6, 6.07) is -0.246. The number of ether oxygens (including phenoxy) is 2. The van der Waals surface area contributed by atoms with Gasteiger partial charge in [-0.25, -0.2) is 0 Å². The summed E-state index contributed by atoms with van der Waals surface area (Å²) in [7, 11) is 0. The van der Waals surface area contributed by atoms with Crippen LogP contribution in [-0.2, 0) is 27.2 Å². The van der Waals surface area contributed by atoms with Crippen molar-refractivity contribution in [3.63, 3.8) is 0 Å². The van der Waals surface area contributed by atoms with Crippen molar-refractivity contribution in [3.8, 4) is 0 Å². The summed E-state index contributed by atoms with van der Waals surface area (Å²) in [6.45, 7) is 1.41. The van der Waals surface area contributed by atoms with Gasteiger partial charge in [0.1, 0.15) is 18.5 Å². The average Bonchev–Trinajstić information content (AvgIpc) is 2.83. The quantitative estimate of drug-likeness (QED) is 0.739. The van der Waals surface area contributed by atoms with E-state index in [-0.39, 0.29) is 18.6 Å². The van der Waals surface area contributed by atoms with Crippen molar-refractivity contribution in [1.29, 1.82) is 0 Å². The minimum absolute atomic E-state index is 0.194. The number of nitrogens with zero attached hydrogens (tertiary/aromatic N) is 3. The number of nitrogens with one attached hydrogen (secondary N) is 1. The van der Waals surface area contributed by atoms with Crippen molar-refractivity contribution in [2.75, 3.05) is 19.8 Å². The molecule has 2 aliphatic heterocycles. The van der Waals surface area contributed by atoms with Crippen LogP contribution >= 0.6 is 0 Å². The van der Waals surface area contributed by atoms with Crippen molar-refractivity contribution >= 4 is 11.8 Å². The standard InChI is InChI=1S/C15H23N5O4/c16-12(21)9-24-11-8-23-7-5-10(11)17-15(22)14-19-18-13-4-2-1-3-6-20(13)14/h10-11H,1-9H2,(H2,16,21)(H,17,22)/t10-,11-/m1/s1. The Morgan fingerprint density at radius 2 is 2.21 bits per heavy atom. The van der Waals surface area contributed by atoms with Crippen molar-refractivity contribution in [3.05, 3.63) is 11.6 Å². The Morgan fingerprint density at radius 3 is 3.04 bits per heavy atom. The largest absolute Gasteiger partial charge is 0.379 e. The van der Waals surface area contributed by atoms with Gasteiger partial charge < -0.3 is 25.1 Å². The lowest BCUT2D eigenvalue weighted by Crippen LogP contribution is -2.51. The van der Waals surface area contributed by atoms with E-state index in [1.54, 1.807) is 0 Å². The molecule has 0 radical (unpaired) electrons. The molecule has 9 nitrogen and oxygen atoms in total. The van der Waals surface area contributed by atoms with E-state index in [1.165, 1.54) is 0 Å². The fraction of sp³-hybridized carbons (Fsp3) is 0.733. The monoisotopic (exact) mass is 337 g/mol. The molecule has 0 aliphatic carbocycles. The Kier molecular flexibility index (Phi) is 5.41. The van der Waals surface area contributed by atoms with Gasteiger partial charge in [-0.1, -0.05) is 6.42 Å². The number of carbonyl (C=O) groups excluding carboxylic acids is 2. The molecule has 0 unspecified atom stereocenters. The fourth-order valence-electron chi connectivity index (χ4n) is 3.12. The summed E-state index contributed by atoms with van der Waals surface area (Å²) in [5.74, 6) is 0.391. The van der Waals surface area contributed by atoms with E-state index in [0.717, 1.165) is 38.1 Å². The van der Waals surface area contributed by atoms with Crippen molar-refractivity contribution < 1.29 is 19.1 Å². The van der Waals surface area contributed by atoms with Crippen LogP contribution in [0.15, 0.2) is 0 Å². The van der Waals surface area contributed by atoms with E-state index < -0.39 is 12.0 Å². The number of amides is 2. The first-order chi connectivity index (χ1) is 11.6. The summed E-state index contributed by atoms with van der Waals surface area (Å²) in [4.78, 5) is 23.5. The SMILES string of the molecule is NC(=O)CO[C@@H]1COCC[C@H]1NC(=O)c1nnc2n1CCCCC2. The molecular weight excluding hydrogens is 314 g/mol. The van der Waals surface area contributed by atoms with Crippen LogP contribution in [0.25, 0.3) is 0 Å². The first-order valence-corrected chi connectivity index (χ1v) is 8.35. The van der Waals surface area contributed by atoms with Gasteiger partial charge in [0, 0.05) is 19.6 Å². The second-order valence-electron chi connectivity index (χ2n) is 6.16. The van der Waals surface area contributed by atoms with Gasteiger partial charge in [0.15, 0.2) is 0 Å². The van der Waals surface area contributed by atoms with Gasteiger partial charge in [-0.05, 0) is 19.3 Å². The number of aryl methyl sites for hydroxylation is 1. The second kappa shape index (κ2) is 7.71. The highest BCUT2D eigenvalue weighted by molar-refractivity contribution is 5.91. The summed E-state index contributed by atoms with van der Waals surface area (Å²) in [5, 5.41) is 11.1. The molecule has 1 fully saturated rings. The van der Waals surface area contributed by atoms with E-state index in [0.29, 0.717) is 25.5 Å². The minimum Gasteiger partial charge on any atom is -0.379 e. The normalized spacial score (nSPS) is 24.0. The third kappa shape index (κ3) is 3.90. The van der Waals surface area contributed by atoms with E-state index in [1.807, 2.05) is 4.57 Å². The predicted octanol–water partition coefficient (Wildman–Crippen LogP) is -0.606. The molecular formula is C15H23N5O4. The molecule has 1 saturated heterocycles. The first kappa shape index (κ1) is 16.8. The topological polar surface area (TPSA) is 121 Å². The number of hydrogen-bond donors (Lipinski definition) is 2. The maximum absolute atomic E-state index is 12.6. The van der Waals surface area contributed by atoms with Gasteiger partial charge in [-0.2, -0.15) is 0 Å². The smallest absolute Gasteiger partial charge is 0.289 e. The Morgan fingerprint density at radius 1 is 1.33 bits per heavy atom. The zero-order chi connectivity index (χ0) is 16.9. The number of nitrogens with two attached hydrogens (primary N) is 1. The Bertz CT molecular complexity index is 603. The number of rotatable bonds is 5.